The summed E-state index contributed by atoms with van der Waals surface area (Å²) in [5, 5.41) is 6.65. The molecule has 8 heteroatoms. The smallest absolute Gasteiger partial charge is 0.191 e. The number of hydrogen-bond donors (Lipinski definition) is 2. The number of piperidine rings is 1. The summed E-state index contributed by atoms with van der Waals surface area (Å²) in [5.74, 6) is -0.763. The van der Waals surface area contributed by atoms with Gasteiger partial charge < -0.3 is 15.4 Å². The SMILES string of the molecule is CN=C(NCCOc1ccc(F)c(F)c1)NC1CCN(Cc2ccccc2)CC1.I. The summed E-state index contributed by atoms with van der Waals surface area (Å²) in [6.45, 7) is 3.90. The van der Waals surface area contributed by atoms with Gasteiger partial charge in [0.1, 0.15) is 12.4 Å². The van der Waals surface area contributed by atoms with E-state index in [9.17, 15) is 8.78 Å². The minimum Gasteiger partial charge on any atom is -0.492 e. The summed E-state index contributed by atoms with van der Waals surface area (Å²) in [5.41, 5.74) is 1.34. The van der Waals surface area contributed by atoms with E-state index in [2.05, 4.69) is 44.8 Å². The van der Waals surface area contributed by atoms with Crippen molar-refractivity contribution in [1.29, 1.82) is 0 Å². The molecule has 2 aromatic rings. The van der Waals surface area contributed by atoms with E-state index in [0.717, 1.165) is 50.6 Å². The molecule has 0 amide bonds. The van der Waals surface area contributed by atoms with E-state index in [1.54, 1.807) is 7.05 Å². The Morgan fingerprint density at radius 1 is 1.10 bits per heavy atom. The van der Waals surface area contributed by atoms with Crippen molar-refractivity contribution in [3.63, 3.8) is 0 Å². The summed E-state index contributed by atoms with van der Waals surface area (Å²) < 4.78 is 31.5. The molecular formula is C22H29F2IN4O. The molecule has 1 fully saturated rings. The molecule has 1 aliphatic rings. The number of aliphatic imine (C=N–C) groups is 1. The van der Waals surface area contributed by atoms with Crippen LogP contribution in [0.25, 0.3) is 0 Å². The molecule has 1 saturated heterocycles. The Bertz CT molecular complexity index is 799. The molecule has 0 radical (unpaired) electrons. The lowest BCUT2D eigenvalue weighted by molar-refractivity contribution is 0.198. The fourth-order valence-electron chi connectivity index (χ4n) is 3.37. The molecule has 5 nitrogen and oxygen atoms in total. The van der Waals surface area contributed by atoms with Crippen molar-refractivity contribution in [2.24, 2.45) is 4.99 Å². The molecule has 1 aliphatic heterocycles. The Labute approximate surface area is 193 Å². The quantitative estimate of drug-likeness (QED) is 0.248. The Morgan fingerprint density at radius 2 is 1.83 bits per heavy atom. The third-order valence-corrected chi connectivity index (χ3v) is 4.96. The number of halogens is 3. The van der Waals surface area contributed by atoms with E-state index in [-0.39, 0.29) is 24.0 Å². The highest BCUT2D eigenvalue weighted by atomic mass is 127. The molecule has 2 N–H and O–H groups in total. The first-order valence-corrected chi connectivity index (χ1v) is 9.95. The molecule has 0 unspecified atom stereocenters. The molecular weight excluding hydrogens is 501 g/mol. The molecule has 164 valence electrons. The minimum atomic E-state index is -0.911. The lowest BCUT2D eigenvalue weighted by atomic mass is 10.0. The highest BCUT2D eigenvalue weighted by Gasteiger charge is 2.20. The summed E-state index contributed by atoms with van der Waals surface area (Å²) >= 11 is 0. The van der Waals surface area contributed by atoms with Crippen molar-refractivity contribution in [2.75, 3.05) is 33.3 Å². The second-order valence-electron chi connectivity index (χ2n) is 7.10. The maximum Gasteiger partial charge on any atom is 0.191 e. The largest absolute Gasteiger partial charge is 0.492 e. The van der Waals surface area contributed by atoms with Gasteiger partial charge in [-0.2, -0.15) is 0 Å². The van der Waals surface area contributed by atoms with Crippen molar-refractivity contribution in [3.8, 4) is 5.75 Å². The van der Waals surface area contributed by atoms with Crippen LogP contribution in [0.2, 0.25) is 0 Å². The van der Waals surface area contributed by atoms with E-state index >= 15 is 0 Å². The van der Waals surface area contributed by atoms with E-state index in [4.69, 9.17) is 4.74 Å². The Morgan fingerprint density at radius 3 is 2.50 bits per heavy atom. The predicted molar refractivity (Wildman–Crippen MR) is 127 cm³/mol. The molecule has 0 spiro atoms. The van der Waals surface area contributed by atoms with Crippen molar-refractivity contribution in [1.82, 2.24) is 15.5 Å². The van der Waals surface area contributed by atoms with Gasteiger partial charge in [-0.3, -0.25) is 9.89 Å². The van der Waals surface area contributed by atoms with Gasteiger partial charge in [-0.15, -0.1) is 24.0 Å². The van der Waals surface area contributed by atoms with Crippen molar-refractivity contribution in [2.45, 2.75) is 25.4 Å². The van der Waals surface area contributed by atoms with E-state index in [1.165, 1.54) is 11.6 Å². The summed E-state index contributed by atoms with van der Waals surface area (Å²) in [7, 11) is 1.73. The molecule has 0 bridgehead atoms. The fraction of sp³-hybridized carbons (Fsp3) is 0.409. The monoisotopic (exact) mass is 530 g/mol. The van der Waals surface area contributed by atoms with Crippen LogP contribution < -0.4 is 15.4 Å². The molecule has 30 heavy (non-hydrogen) atoms. The van der Waals surface area contributed by atoms with Gasteiger partial charge in [-0.25, -0.2) is 8.78 Å². The van der Waals surface area contributed by atoms with Gasteiger partial charge in [0.15, 0.2) is 17.6 Å². The van der Waals surface area contributed by atoms with Gasteiger partial charge in [0, 0.05) is 38.8 Å². The maximum absolute atomic E-state index is 13.2. The molecule has 3 rings (SSSR count). The Balaban J connectivity index is 0.00000320. The second kappa shape index (κ2) is 12.7. The van der Waals surface area contributed by atoms with Gasteiger partial charge >= 0.3 is 0 Å². The van der Waals surface area contributed by atoms with Crippen molar-refractivity contribution >= 4 is 29.9 Å². The number of guanidine groups is 1. The van der Waals surface area contributed by atoms with Crippen LogP contribution in [0.4, 0.5) is 8.78 Å². The number of likely N-dealkylation sites (tertiary alicyclic amines) is 1. The van der Waals surface area contributed by atoms with Crippen LogP contribution in [-0.2, 0) is 6.54 Å². The third kappa shape index (κ3) is 7.71. The Hall–Kier alpha value is -1.94. The predicted octanol–water partition coefficient (Wildman–Crippen LogP) is 3.79. The van der Waals surface area contributed by atoms with Gasteiger partial charge in [-0.05, 0) is 30.5 Å². The first kappa shape index (κ1) is 24.3. The summed E-state index contributed by atoms with van der Waals surface area (Å²) in [4.78, 5) is 6.73. The summed E-state index contributed by atoms with van der Waals surface area (Å²) in [6, 6.07) is 14.4. The number of nitrogens with zero attached hydrogens (tertiary/aromatic N) is 2. The third-order valence-electron chi connectivity index (χ3n) is 4.96. The number of hydrogen-bond acceptors (Lipinski definition) is 3. The molecule has 0 atom stereocenters. The van der Waals surface area contributed by atoms with Crippen LogP contribution >= 0.6 is 24.0 Å². The Kier molecular flexibility index (Phi) is 10.3. The number of nitrogens with one attached hydrogen (secondary N) is 2. The normalized spacial score (nSPS) is 15.4. The molecule has 0 aliphatic carbocycles. The van der Waals surface area contributed by atoms with Crippen LogP contribution in [0.3, 0.4) is 0 Å². The van der Waals surface area contributed by atoms with Gasteiger partial charge in [0.2, 0.25) is 0 Å². The molecule has 2 aromatic carbocycles. The molecule has 0 aromatic heterocycles. The average Bonchev–Trinajstić information content (AvgIpc) is 2.75. The van der Waals surface area contributed by atoms with Crippen molar-refractivity contribution in [3.05, 3.63) is 65.7 Å². The highest BCUT2D eigenvalue weighted by Crippen LogP contribution is 2.15. The first-order valence-electron chi connectivity index (χ1n) is 9.95. The molecule has 1 heterocycles. The lowest BCUT2D eigenvalue weighted by Crippen LogP contribution is -2.49. The highest BCUT2D eigenvalue weighted by molar-refractivity contribution is 14.0. The van der Waals surface area contributed by atoms with Gasteiger partial charge in [0.05, 0.1) is 6.54 Å². The zero-order chi connectivity index (χ0) is 20.5. The topological polar surface area (TPSA) is 48.9 Å². The average molecular weight is 530 g/mol. The van der Waals surface area contributed by atoms with Gasteiger partial charge in [-0.1, -0.05) is 30.3 Å². The second-order valence-corrected chi connectivity index (χ2v) is 7.10. The number of ether oxygens (including phenoxy) is 1. The minimum absolute atomic E-state index is 0. The van der Waals surface area contributed by atoms with E-state index < -0.39 is 11.6 Å². The van der Waals surface area contributed by atoms with Crippen LogP contribution in [0, 0.1) is 11.6 Å². The van der Waals surface area contributed by atoms with E-state index in [0.29, 0.717) is 24.9 Å². The van der Waals surface area contributed by atoms with Crippen LogP contribution in [0.5, 0.6) is 5.75 Å². The zero-order valence-electron chi connectivity index (χ0n) is 17.1. The van der Waals surface area contributed by atoms with Crippen LogP contribution in [0.1, 0.15) is 18.4 Å². The standard InChI is InChI=1S/C22H28F2N4O.HI/c1-25-22(26-11-14-29-19-7-8-20(23)21(24)15-19)27-18-9-12-28(13-10-18)16-17-5-3-2-4-6-17;/h2-8,15,18H,9-14,16H2,1H3,(H2,25,26,27);1H. The maximum atomic E-state index is 13.2. The first-order chi connectivity index (χ1) is 14.1. The zero-order valence-corrected chi connectivity index (χ0v) is 19.4. The summed E-state index contributed by atoms with van der Waals surface area (Å²) in [6.07, 6.45) is 2.11. The van der Waals surface area contributed by atoms with Crippen LogP contribution in [-0.4, -0.2) is 50.2 Å². The fourth-order valence-corrected chi connectivity index (χ4v) is 3.37. The number of rotatable bonds is 7. The van der Waals surface area contributed by atoms with Crippen molar-refractivity contribution < 1.29 is 13.5 Å². The number of benzene rings is 2. The van der Waals surface area contributed by atoms with Crippen LogP contribution in [0.15, 0.2) is 53.5 Å². The van der Waals surface area contributed by atoms with Gasteiger partial charge in [0.25, 0.3) is 0 Å². The lowest BCUT2D eigenvalue weighted by Gasteiger charge is -2.33. The molecule has 0 saturated carbocycles. The van der Waals surface area contributed by atoms with E-state index in [1.807, 2.05) is 6.07 Å².